The fraction of sp³-hybridized carbons (Fsp3) is 0.292. The molecule has 0 amide bonds. The van der Waals surface area contributed by atoms with E-state index in [-0.39, 0.29) is 12.2 Å². The summed E-state index contributed by atoms with van der Waals surface area (Å²) < 4.78 is 25.0. The van der Waals surface area contributed by atoms with Crippen molar-refractivity contribution >= 4 is 22.4 Å². The van der Waals surface area contributed by atoms with Crippen molar-refractivity contribution < 1.29 is 18.9 Å². The Kier molecular flexibility index (Phi) is 5.87. The summed E-state index contributed by atoms with van der Waals surface area (Å²) in [6.07, 6.45) is 2.25. The number of ether oxygens (including phenoxy) is 4. The average Bonchev–Trinajstić information content (AvgIpc) is 3.38. The first-order chi connectivity index (χ1) is 16.2. The molecule has 33 heavy (non-hydrogen) atoms. The van der Waals surface area contributed by atoms with Gasteiger partial charge in [0.05, 0.1) is 17.7 Å². The number of nitrogens with zero attached hydrogens (tertiary/aromatic N) is 3. The van der Waals surface area contributed by atoms with Gasteiger partial charge in [-0.15, -0.1) is 5.10 Å². The summed E-state index contributed by atoms with van der Waals surface area (Å²) in [6.45, 7) is 5.40. The van der Waals surface area contributed by atoms with Crippen molar-refractivity contribution in [2.24, 2.45) is 0 Å². The van der Waals surface area contributed by atoms with Crippen LogP contribution in [0.5, 0.6) is 23.0 Å². The molecule has 0 N–H and O–H groups in total. The van der Waals surface area contributed by atoms with Gasteiger partial charge < -0.3 is 18.9 Å². The molecule has 0 spiro atoms. The van der Waals surface area contributed by atoms with Crippen molar-refractivity contribution in [2.45, 2.75) is 26.4 Å². The SMILES string of the molecule is CCCOc1ccc(/C=c2/sc3nc(C4COc5ccccc5O4)nn3c2=O)cc1OCC. The van der Waals surface area contributed by atoms with Crippen LogP contribution in [0.25, 0.3) is 11.0 Å². The Labute approximate surface area is 194 Å². The molecule has 1 unspecified atom stereocenters. The molecule has 1 aliphatic heterocycles. The minimum Gasteiger partial charge on any atom is -0.490 e. The van der Waals surface area contributed by atoms with E-state index in [9.17, 15) is 4.79 Å². The second-order valence-corrected chi connectivity index (χ2v) is 8.44. The van der Waals surface area contributed by atoms with Crippen LogP contribution in [0.3, 0.4) is 0 Å². The highest BCUT2D eigenvalue weighted by molar-refractivity contribution is 7.15. The Morgan fingerprint density at radius 2 is 2.00 bits per heavy atom. The van der Waals surface area contributed by atoms with Crippen molar-refractivity contribution in [3.05, 3.63) is 68.7 Å². The van der Waals surface area contributed by atoms with Crippen molar-refractivity contribution in [3.63, 3.8) is 0 Å². The molecule has 4 aromatic rings. The van der Waals surface area contributed by atoms with Gasteiger partial charge in [0.25, 0.3) is 5.56 Å². The number of thiazole rings is 1. The Balaban J connectivity index is 1.43. The van der Waals surface area contributed by atoms with Crippen molar-refractivity contribution in [3.8, 4) is 23.0 Å². The Hall–Kier alpha value is -3.59. The van der Waals surface area contributed by atoms with Gasteiger partial charge in [0.2, 0.25) is 4.96 Å². The molecule has 3 heterocycles. The molecule has 5 rings (SSSR count). The van der Waals surface area contributed by atoms with Crippen LogP contribution in [-0.4, -0.2) is 34.4 Å². The van der Waals surface area contributed by atoms with E-state index in [1.165, 1.54) is 15.9 Å². The normalized spacial score (nSPS) is 15.7. The first-order valence-corrected chi connectivity index (χ1v) is 11.7. The van der Waals surface area contributed by atoms with E-state index in [1.54, 1.807) is 0 Å². The van der Waals surface area contributed by atoms with Crippen LogP contribution in [0.2, 0.25) is 0 Å². The minimum absolute atomic E-state index is 0.227. The van der Waals surface area contributed by atoms with Crippen LogP contribution in [0.1, 0.15) is 37.8 Å². The molecule has 0 fully saturated rings. The number of para-hydroxylation sites is 2. The van der Waals surface area contributed by atoms with Crippen LogP contribution < -0.4 is 29.0 Å². The van der Waals surface area contributed by atoms with Gasteiger partial charge in [-0.2, -0.15) is 9.50 Å². The van der Waals surface area contributed by atoms with Gasteiger partial charge in [-0.05, 0) is 49.2 Å². The summed E-state index contributed by atoms with van der Waals surface area (Å²) in [5, 5.41) is 4.40. The Morgan fingerprint density at radius 1 is 1.15 bits per heavy atom. The third kappa shape index (κ3) is 4.23. The number of aromatic nitrogens is 3. The van der Waals surface area contributed by atoms with Gasteiger partial charge in [0, 0.05) is 0 Å². The maximum atomic E-state index is 13.0. The maximum Gasteiger partial charge on any atom is 0.291 e. The van der Waals surface area contributed by atoms with Gasteiger partial charge in [0.15, 0.2) is 34.9 Å². The predicted octanol–water partition coefficient (Wildman–Crippen LogP) is 3.40. The highest BCUT2D eigenvalue weighted by Gasteiger charge is 2.27. The number of fused-ring (bicyclic) bond motifs is 2. The van der Waals surface area contributed by atoms with Gasteiger partial charge >= 0.3 is 0 Å². The number of hydrogen-bond acceptors (Lipinski definition) is 8. The highest BCUT2D eigenvalue weighted by atomic mass is 32.1. The molecule has 9 heteroatoms. The molecule has 0 saturated carbocycles. The Morgan fingerprint density at radius 3 is 2.79 bits per heavy atom. The molecule has 2 aromatic carbocycles. The lowest BCUT2D eigenvalue weighted by atomic mass is 10.2. The smallest absolute Gasteiger partial charge is 0.291 e. The average molecular weight is 466 g/mol. The number of benzene rings is 2. The van der Waals surface area contributed by atoms with E-state index in [1.807, 2.05) is 55.5 Å². The van der Waals surface area contributed by atoms with Gasteiger partial charge in [-0.3, -0.25) is 4.79 Å². The molecule has 0 radical (unpaired) electrons. The van der Waals surface area contributed by atoms with Crippen LogP contribution >= 0.6 is 11.3 Å². The summed E-state index contributed by atoms with van der Waals surface area (Å²) >= 11 is 1.28. The molecule has 0 saturated heterocycles. The third-order valence-corrected chi connectivity index (χ3v) is 5.98. The molecular weight excluding hydrogens is 442 g/mol. The van der Waals surface area contributed by atoms with Gasteiger partial charge in [-0.1, -0.05) is 36.5 Å². The molecule has 1 aliphatic rings. The molecule has 1 atom stereocenters. The van der Waals surface area contributed by atoms with E-state index in [2.05, 4.69) is 17.0 Å². The summed E-state index contributed by atoms with van der Waals surface area (Å²) in [5.74, 6) is 3.11. The van der Waals surface area contributed by atoms with E-state index in [0.717, 1.165) is 12.0 Å². The zero-order chi connectivity index (χ0) is 22.8. The van der Waals surface area contributed by atoms with Crippen molar-refractivity contribution in [1.29, 1.82) is 0 Å². The molecule has 0 aliphatic carbocycles. The monoisotopic (exact) mass is 465 g/mol. The summed E-state index contributed by atoms with van der Waals surface area (Å²) in [5.41, 5.74) is 0.611. The van der Waals surface area contributed by atoms with E-state index in [4.69, 9.17) is 18.9 Å². The van der Waals surface area contributed by atoms with Crippen LogP contribution in [-0.2, 0) is 0 Å². The summed E-state index contributed by atoms with van der Waals surface area (Å²) in [7, 11) is 0. The van der Waals surface area contributed by atoms with E-state index < -0.39 is 6.10 Å². The van der Waals surface area contributed by atoms with Crippen molar-refractivity contribution in [2.75, 3.05) is 19.8 Å². The quantitative estimate of drug-likeness (QED) is 0.414. The first-order valence-electron chi connectivity index (χ1n) is 10.9. The lowest BCUT2D eigenvalue weighted by Crippen LogP contribution is -2.26. The zero-order valence-corrected chi connectivity index (χ0v) is 19.1. The summed E-state index contributed by atoms with van der Waals surface area (Å²) in [6, 6.07) is 13.1. The van der Waals surface area contributed by atoms with Crippen LogP contribution in [0.15, 0.2) is 47.3 Å². The standard InChI is InChI=1S/C24H23N3O5S/c1-3-11-30-17-10-9-15(12-19(17)29-4-2)13-21-23(28)27-24(33-21)25-22(26-27)20-14-31-16-7-5-6-8-18(16)32-20/h5-10,12-13,20H,3-4,11,14H2,1-2H3/b21-13+. The first kappa shape index (κ1) is 21.3. The second-order valence-electron chi connectivity index (χ2n) is 7.43. The fourth-order valence-corrected chi connectivity index (χ4v) is 4.41. The largest absolute Gasteiger partial charge is 0.490 e. The van der Waals surface area contributed by atoms with E-state index in [0.29, 0.717) is 51.5 Å². The van der Waals surface area contributed by atoms with Gasteiger partial charge in [0.1, 0.15) is 6.61 Å². The molecular formula is C24H23N3O5S. The van der Waals surface area contributed by atoms with E-state index >= 15 is 0 Å². The lowest BCUT2D eigenvalue weighted by Gasteiger charge is -2.24. The fourth-order valence-electron chi connectivity index (χ4n) is 3.50. The predicted molar refractivity (Wildman–Crippen MR) is 125 cm³/mol. The third-order valence-electron chi connectivity index (χ3n) is 5.02. The molecule has 2 aromatic heterocycles. The maximum absolute atomic E-state index is 13.0. The second kappa shape index (κ2) is 9.11. The van der Waals surface area contributed by atoms with Crippen LogP contribution in [0.4, 0.5) is 0 Å². The lowest BCUT2D eigenvalue weighted by molar-refractivity contribution is 0.0852. The van der Waals surface area contributed by atoms with Crippen molar-refractivity contribution in [1.82, 2.24) is 14.6 Å². The molecule has 0 bridgehead atoms. The summed E-state index contributed by atoms with van der Waals surface area (Å²) in [4.78, 5) is 18.0. The zero-order valence-electron chi connectivity index (χ0n) is 18.3. The topological polar surface area (TPSA) is 84.2 Å². The van der Waals surface area contributed by atoms with Crippen LogP contribution in [0, 0.1) is 0 Å². The minimum atomic E-state index is -0.469. The number of rotatable bonds is 7. The Bertz CT molecular complexity index is 1400. The highest BCUT2D eigenvalue weighted by Crippen LogP contribution is 2.35. The molecule has 8 nitrogen and oxygen atoms in total. The molecule has 170 valence electrons. The van der Waals surface area contributed by atoms with Gasteiger partial charge in [-0.25, -0.2) is 0 Å². The number of hydrogen-bond donors (Lipinski definition) is 0.